The molecule has 0 N–H and O–H groups in total. The Labute approximate surface area is 76.7 Å². The third-order valence-corrected chi connectivity index (χ3v) is 1.77. The number of fused-ring (bicyclic) bond motifs is 1. The normalized spacial score (nSPS) is 8.69. The molecular formula is C10H9BF2-. The molecule has 2 aromatic rings. The van der Waals surface area contributed by atoms with Crippen molar-refractivity contribution in [1.29, 1.82) is 0 Å². The molecule has 0 aliphatic heterocycles. The fourth-order valence-corrected chi connectivity index (χ4v) is 1.21. The molecule has 0 unspecified atom stereocenters. The predicted octanol–water partition coefficient (Wildman–Crippen LogP) is 1.94. The van der Waals surface area contributed by atoms with Crippen molar-refractivity contribution in [3.63, 3.8) is 0 Å². The van der Waals surface area contributed by atoms with Crippen molar-refractivity contribution >= 4 is 24.1 Å². The van der Waals surface area contributed by atoms with Gasteiger partial charge in [0.2, 0.25) is 0 Å². The minimum absolute atomic E-state index is 0. The summed E-state index contributed by atoms with van der Waals surface area (Å²) >= 11 is 0. The summed E-state index contributed by atoms with van der Waals surface area (Å²) in [5, 5.41) is 2.44. The number of hydrogen-bond acceptors (Lipinski definition) is 0. The lowest BCUT2D eigenvalue weighted by atomic mass is 9.94. The first-order valence-electron chi connectivity index (χ1n) is 3.60. The largest absolute Gasteiger partial charge is 0.580 e. The molecule has 0 saturated heterocycles. The molecule has 0 saturated carbocycles. The summed E-state index contributed by atoms with van der Waals surface area (Å²) in [6.45, 7) is 0. The molecule has 3 heteroatoms. The highest BCUT2D eigenvalue weighted by atomic mass is 19.0. The molecule has 0 nitrogen and oxygen atoms in total. The Balaban J connectivity index is 0.000000720. The van der Waals surface area contributed by atoms with Crippen LogP contribution in [0, 0.1) is 0 Å². The maximum Gasteiger partial charge on any atom is -0.0186 e. The van der Waals surface area contributed by atoms with Gasteiger partial charge in [0.05, 0.1) is 0 Å². The Morgan fingerprint density at radius 3 is 2.08 bits per heavy atom. The molecule has 0 aliphatic carbocycles. The van der Waals surface area contributed by atoms with Gasteiger partial charge in [-0.15, -0.1) is 6.07 Å². The maximum absolute atomic E-state index is 5.62. The van der Waals surface area contributed by atoms with Crippen molar-refractivity contribution in [1.82, 2.24) is 0 Å². The van der Waals surface area contributed by atoms with Gasteiger partial charge in [0.15, 0.2) is 0 Å². The molecule has 13 heavy (non-hydrogen) atoms. The summed E-state index contributed by atoms with van der Waals surface area (Å²) in [6, 6.07) is 14.1. The first kappa shape index (κ1) is 11.6. The van der Waals surface area contributed by atoms with Crippen LogP contribution in [0.4, 0.5) is 9.41 Å². The van der Waals surface area contributed by atoms with Crippen molar-refractivity contribution < 1.29 is 9.41 Å². The van der Waals surface area contributed by atoms with Gasteiger partial charge in [-0.05, 0) is 10.8 Å². The zero-order valence-corrected chi connectivity index (χ0v) is 6.94. The molecule has 0 amide bonds. The van der Waals surface area contributed by atoms with E-state index in [-0.39, 0.29) is 9.41 Å². The minimum atomic E-state index is 0. The van der Waals surface area contributed by atoms with Crippen molar-refractivity contribution in [3.8, 4) is 0 Å². The van der Waals surface area contributed by atoms with Crippen LogP contribution in [-0.2, 0) is 0 Å². The highest BCUT2D eigenvalue weighted by Gasteiger charge is 1.85. The van der Waals surface area contributed by atoms with Crippen molar-refractivity contribution in [3.05, 3.63) is 42.5 Å². The molecule has 0 aliphatic rings. The molecular weight excluding hydrogens is 169 g/mol. The van der Waals surface area contributed by atoms with E-state index in [1.165, 1.54) is 10.8 Å². The smallest absolute Gasteiger partial charge is 0.0186 e. The summed E-state index contributed by atoms with van der Waals surface area (Å²) in [5.74, 6) is 0. The summed E-state index contributed by atoms with van der Waals surface area (Å²) < 4.78 is 0. The highest BCUT2D eigenvalue weighted by molar-refractivity contribution is 6.33. The Morgan fingerprint density at radius 2 is 1.38 bits per heavy atom. The van der Waals surface area contributed by atoms with Crippen molar-refractivity contribution in [2.24, 2.45) is 0 Å². The third kappa shape index (κ3) is 2.28. The number of rotatable bonds is 0. The van der Waals surface area contributed by atoms with E-state index < -0.39 is 0 Å². The van der Waals surface area contributed by atoms with Crippen LogP contribution in [0.1, 0.15) is 0 Å². The molecule has 3 radical (unpaired) electrons. The average Bonchev–Trinajstić information content (AvgIpc) is 2.04. The second kappa shape index (κ2) is 4.60. The molecule has 0 heterocycles. The fraction of sp³-hybridized carbons (Fsp3) is 0. The maximum atomic E-state index is 5.62. The van der Waals surface area contributed by atoms with Crippen LogP contribution in [0.3, 0.4) is 0 Å². The van der Waals surface area contributed by atoms with Gasteiger partial charge in [-0.2, -0.15) is 0 Å². The summed E-state index contributed by atoms with van der Waals surface area (Å²) in [7, 11) is 5.62. The van der Waals surface area contributed by atoms with Crippen LogP contribution in [0.15, 0.2) is 42.5 Å². The van der Waals surface area contributed by atoms with Crippen LogP contribution >= 0.6 is 0 Å². The quantitative estimate of drug-likeness (QED) is 0.540. The van der Waals surface area contributed by atoms with E-state index in [0.29, 0.717) is 0 Å². The van der Waals surface area contributed by atoms with Crippen LogP contribution in [0.5, 0.6) is 0 Å². The molecule has 0 fully saturated rings. The molecule has 0 aromatic heterocycles. The van der Waals surface area contributed by atoms with Gasteiger partial charge >= 0.3 is 0 Å². The Kier molecular flexibility index (Phi) is 4.12. The first-order chi connectivity index (χ1) is 5.36. The molecule has 2 rings (SSSR count). The van der Waals surface area contributed by atoms with E-state index in [0.717, 1.165) is 5.46 Å². The zero-order chi connectivity index (χ0) is 7.68. The third-order valence-electron chi connectivity index (χ3n) is 1.77. The van der Waals surface area contributed by atoms with E-state index in [4.69, 9.17) is 7.85 Å². The Morgan fingerprint density at radius 1 is 0.769 bits per heavy atom. The molecule has 0 bridgehead atoms. The number of benzene rings is 2. The molecule has 67 valence electrons. The Hall–Kier alpha value is -1.38. The topological polar surface area (TPSA) is 0 Å². The fourth-order valence-electron chi connectivity index (χ4n) is 1.21. The van der Waals surface area contributed by atoms with Crippen LogP contribution in [0.2, 0.25) is 0 Å². The van der Waals surface area contributed by atoms with Gasteiger partial charge in [-0.3, -0.25) is 9.41 Å². The summed E-state index contributed by atoms with van der Waals surface area (Å²) in [4.78, 5) is 0. The van der Waals surface area contributed by atoms with Crippen LogP contribution in [-0.4, -0.2) is 7.85 Å². The predicted molar refractivity (Wildman–Crippen MR) is 54.3 cm³/mol. The van der Waals surface area contributed by atoms with Crippen molar-refractivity contribution in [2.75, 3.05) is 0 Å². The van der Waals surface area contributed by atoms with Gasteiger partial charge in [-0.25, -0.2) is 0 Å². The monoisotopic (exact) mass is 178 g/mol. The van der Waals surface area contributed by atoms with E-state index in [1.54, 1.807) is 0 Å². The van der Waals surface area contributed by atoms with E-state index in [9.17, 15) is 0 Å². The van der Waals surface area contributed by atoms with Gasteiger partial charge in [0.25, 0.3) is 0 Å². The standard InChI is InChI=1S/C10H7B.2FH/c11-10-6-5-8-3-1-2-4-9(8)7-10;;/h1-7H;2*1H/q-1;;. The van der Waals surface area contributed by atoms with Gasteiger partial charge in [0.1, 0.15) is 0 Å². The first-order valence-corrected chi connectivity index (χ1v) is 3.60. The Bertz CT molecular complexity index is 387. The average molecular weight is 178 g/mol. The summed E-state index contributed by atoms with van der Waals surface area (Å²) in [5.41, 5.74) is 0.823. The van der Waals surface area contributed by atoms with E-state index >= 15 is 0 Å². The van der Waals surface area contributed by atoms with Gasteiger partial charge in [0, 0.05) is 0 Å². The van der Waals surface area contributed by atoms with E-state index in [1.807, 2.05) is 30.3 Å². The minimum Gasteiger partial charge on any atom is -0.580 e. The second-order valence-electron chi connectivity index (χ2n) is 2.61. The number of hydrogen-bond donors (Lipinski definition) is 0. The molecule has 0 spiro atoms. The van der Waals surface area contributed by atoms with Crippen molar-refractivity contribution in [2.45, 2.75) is 0 Å². The van der Waals surface area contributed by atoms with Gasteiger partial charge < -0.3 is 13.3 Å². The van der Waals surface area contributed by atoms with Gasteiger partial charge in [-0.1, -0.05) is 36.4 Å². The lowest BCUT2D eigenvalue weighted by molar-refractivity contribution is 1.11. The second-order valence-corrected chi connectivity index (χ2v) is 2.61. The summed E-state index contributed by atoms with van der Waals surface area (Å²) in [6.07, 6.45) is 0. The molecule has 0 atom stereocenters. The lowest BCUT2D eigenvalue weighted by Crippen LogP contribution is -1.99. The highest BCUT2D eigenvalue weighted by Crippen LogP contribution is 2.09. The lowest BCUT2D eigenvalue weighted by Gasteiger charge is -2.06. The van der Waals surface area contributed by atoms with E-state index in [2.05, 4.69) is 12.1 Å². The molecule has 2 aromatic carbocycles. The van der Waals surface area contributed by atoms with Crippen LogP contribution < -0.4 is 5.46 Å². The zero-order valence-electron chi connectivity index (χ0n) is 6.94. The SMILES string of the molecule is F.F.[B-]c1ccc2ccccc2c1. The number of halogens is 2. The van der Waals surface area contributed by atoms with Crippen LogP contribution in [0.25, 0.3) is 10.8 Å².